The Hall–Kier alpha value is -3.47. The summed E-state index contributed by atoms with van der Waals surface area (Å²) < 4.78 is 10.6. The predicted octanol–water partition coefficient (Wildman–Crippen LogP) is 1.71. The Morgan fingerprint density at radius 1 is 1.26 bits per heavy atom. The molecule has 8 nitrogen and oxygen atoms in total. The fourth-order valence-electron chi connectivity index (χ4n) is 2.31. The van der Waals surface area contributed by atoms with Crippen LogP contribution in [0.3, 0.4) is 0 Å². The van der Waals surface area contributed by atoms with E-state index in [1.807, 2.05) is 6.07 Å². The molecule has 0 radical (unpaired) electrons. The summed E-state index contributed by atoms with van der Waals surface area (Å²) >= 11 is 0. The molecule has 0 aliphatic rings. The highest BCUT2D eigenvalue weighted by atomic mass is 16.5. The van der Waals surface area contributed by atoms with Gasteiger partial charge in [-0.3, -0.25) is 9.59 Å². The fourth-order valence-corrected chi connectivity index (χ4v) is 2.31. The molecule has 8 heteroatoms. The number of nitrogens with zero attached hydrogens (tertiary/aromatic N) is 4. The van der Waals surface area contributed by atoms with Gasteiger partial charge in [-0.25, -0.2) is 9.97 Å². The van der Waals surface area contributed by atoms with E-state index < -0.39 is 18.0 Å². The van der Waals surface area contributed by atoms with E-state index in [-0.39, 0.29) is 19.7 Å². The molecule has 140 valence electrons. The van der Waals surface area contributed by atoms with Crippen LogP contribution in [0.5, 0.6) is 5.75 Å². The molecule has 1 aromatic carbocycles. The zero-order valence-electron chi connectivity index (χ0n) is 15.2. The minimum atomic E-state index is -0.878. The number of benzene rings is 1. The first-order valence-corrected chi connectivity index (χ1v) is 8.40. The lowest BCUT2D eigenvalue weighted by molar-refractivity contribution is -0.151. The Kier molecular flexibility index (Phi) is 7.26. The Balaban J connectivity index is 2.12. The minimum Gasteiger partial charge on any atom is -0.481 e. The Bertz CT molecular complexity index is 820. The first-order valence-electron chi connectivity index (χ1n) is 8.40. The largest absolute Gasteiger partial charge is 0.481 e. The average molecular weight is 368 g/mol. The Morgan fingerprint density at radius 2 is 2.00 bits per heavy atom. The number of hydrogen-bond donors (Lipinski definition) is 0. The van der Waals surface area contributed by atoms with Crippen molar-refractivity contribution >= 4 is 11.9 Å². The van der Waals surface area contributed by atoms with Gasteiger partial charge in [0.05, 0.1) is 24.8 Å². The number of carbonyl (C=O) groups excluding carboxylic acids is 2. The molecule has 0 spiro atoms. The van der Waals surface area contributed by atoms with E-state index in [1.165, 1.54) is 4.90 Å². The zero-order chi connectivity index (χ0) is 19.6. The van der Waals surface area contributed by atoms with Crippen molar-refractivity contribution < 1.29 is 19.1 Å². The number of ether oxygens (including phenoxy) is 2. The molecule has 1 aromatic heterocycles. The maximum Gasteiger partial charge on any atom is 0.325 e. The van der Waals surface area contributed by atoms with Crippen LogP contribution < -0.4 is 4.74 Å². The molecular formula is C19H20N4O4. The van der Waals surface area contributed by atoms with Crippen molar-refractivity contribution in [1.29, 1.82) is 5.26 Å². The van der Waals surface area contributed by atoms with Gasteiger partial charge >= 0.3 is 5.97 Å². The van der Waals surface area contributed by atoms with Crippen LogP contribution in [-0.2, 0) is 20.9 Å². The molecule has 0 saturated carbocycles. The maximum absolute atomic E-state index is 12.8. The minimum absolute atomic E-state index is 0.0461. The zero-order valence-corrected chi connectivity index (χ0v) is 15.2. The Labute approximate surface area is 157 Å². The van der Waals surface area contributed by atoms with Crippen LogP contribution in [0.1, 0.15) is 25.2 Å². The van der Waals surface area contributed by atoms with Gasteiger partial charge in [-0.15, -0.1) is 0 Å². The second kappa shape index (κ2) is 9.87. The number of esters is 1. The number of amides is 1. The molecule has 2 rings (SSSR count). The topological polar surface area (TPSA) is 105 Å². The quantitative estimate of drug-likeness (QED) is 0.653. The summed E-state index contributed by atoms with van der Waals surface area (Å²) in [4.78, 5) is 34.2. The molecule has 27 heavy (non-hydrogen) atoms. The van der Waals surface area contributed by atoms with Gasteiger partial charge in [0.15, 0.2) is 6.10 Å². The number of aromatic nitrogens is 2. The SMILES string of the molecule is CCOC(=O)CN(Cc1ncccn1)C(=O)[C@@H](C)Oc1cccc(C#N)c1. The lowest BCUT2D eigenvalue weighted by Crippen LogP contribution is -2.43. The molecule has 1 amide bonds. The van der Waals surface area contributed by atoms with Crippen molar-refractivity contribution in [3.8, 4) is 11.8 Å². The summed E-state index contributed by atoms with van der Waals surface area (Å²) in [7, 11) is 0. The molecule has 0 fully saturated rings. The van der Waals surface area contributed by atoms with Crippen LogP contribution in [0.4, 0.5) is 0 Å². The van der Waals surface area contributed by atoms with Gasteiger partial charge in [0.2, 0.25) is 0 Å². The molecule has 0 bridgehead atoms. The van der Waals surface area contributed by atoms with Crippen LogP contribution in [0.15, 0.2) is 42.7 Å². The average Bonchev–Trinajstić information content (AvgIpc) is 2.68. The number of nitriles is 1. The lowest BCUT2D eigenvalue weighted by atomic mass is 10.2. The highest BCUT2D eigenvalue weighted by molar-refractivity contribution is 5.85. The number of carbonyl (C=O) groups is 2. The normalized spacial score (nSPS) is 11.1. The number of rotatable bonds is 8. The summed E-state index contributed by atoms with van der Waals surface area (Å²) in [6.45, 7) is 3.29. The van der Waals surface area contributed by atoms with Crippen molar-refractivity contribution in [3.05, 3.63) is 54.1 Å². The van der Waals surface area contributed by atoms with E-state index in [0.29, 0.717) is 17.1 Å². The monoisotopic (exact) mass is 368 g/mol. The summed E-state index contributed by atoms with van der Waals surface area (Å²) in [5.41, 5.74) is 0.424. The lowest BCUT2D eigenvalue weighted by Gasteiger charge is -2.24. The molecule has 0 aliphatic heterocycles. The maximum atomic E-state index is 12.8. The molecule has 1 atom stereocenters. The second-order valence-electron chi connectivity index (χ2n) is 5.56. The molecule has 0 aliphatic carbocycles. The second-order valence-corrected chi connectivity index (χ2v) is 5.56. The van der Waals surface area contributed by atoms with Crippen molar-refractivity contribution in [2.75, 3.05) is 13.2 Å². The third kappa shape index (κ3) is 6.08. The molecular weight excluding hydrogens is 348 g/mol. The first kappa shape index (κ1) is 19.8. The van der Waals surface area contributed by atoms with Gasteiger partial charge in [-0.2, -0.15) is 5.26 Å². The summed E-state index contributed by atoms with van der Waals surface area (Å²) in [5.74, 6) is -0.158. The van der Waals surface area contributed by atoms with E-state index in [2.05, 4.69) is 9.97 Å². The molecule has 0 N–H and O–H groups in total. The van der Waals surface area contributed by atoms with Crippen LogP contribution in [0, 0.1) is 11.3 Å². The molecule has 2 aromatic rings. The van der Waals surface area contributed by atoms with Gasteiger partial charge in [0.25, 0.3) is 5.91 Å². The van der Waals surface area contributed by atoms with Crippen LogP contribution >= 0.6 is 0 Å². The first-order chi connectivity index (χ1) is 13.0. The number of hydrogen-bond acceptors (Lipinski definition) is 7. The van der Waals surface area contributed by atoms with Crippen molar-refractivity contribution in [3.63, 3.8) is 0 Å². The van der Waals surface area contributed by atoms with E-state index in [9.17, 15) is 9.59 Å². The van der Waals surface area contributed by atoms with Crippen molar-refractivity contribution in [2.24, 2.45) is 0 Å². The molecule has 0 unspecified atom stereocenters. The highest BCUT2D eigenvalue weighted by Crippen LogP contribution is 2.15. The van der Waals surface area contributed by atoms with E-state index >= 15 is 0 Å². The van der Waals surface area contributed by atoms with E-state index in [1.54, 1.807) is 56.6 Å². The summed E-state index contributed by atoms with van der Waals surface area (Å²) in [6.07, 6.45) is 2.24. The van der Waals surface area contributed by atoms with Crippen molar-refractivity contribution in [2.45, 2.75) is 26.5 Å². The van der Waals surface area contributed by atoms with Crippen molar-refractivity contribution in [1.82, 2.24) is 14.9 Å². The highest BCUT2D eigenvalue weighted by Gasteiger charge is 2.25. The van der Waals surface area contributed by atoms with Crippen LogP contribution in [0.25, 0.3) is 0 Å². The van der Waals surface area contributed by atoms with Gasteiger partial charge in [-0.1, -0.05) is 6.07 Å². The van der Waals surface area contributed by atoms with Crippen LogP contribution in [-0.4, -0.2) is 46.0 Å². The van der Waals surface area contributed by atoms with Gasteiger partial charge in [0.1, 0.15) is 18.1 Å². The standard InChI is InChI=1S/C19H20N4O4/c1-3-26-18(24)13-23(12-17-21-8-5-9-22-17)19(25)14(2)27-16-7-4-6-15(10-16)11-20/h4-10,14H,3,12-13H2,1-2H3/t14-/m1/s1. The van der Waals surface area contributed by atoms with Gasteiger partial charge in [-0.05, 0) is 38.1 Å². The third-order valence-corrected chi connectivity index (χ3v) is 3.51. The summed E-state index contributed by atoms with van der Waals surface area (Å²) in [5, 5.41) is 8.96. The Morgan fingerprint density at radius 3 is 2.67 bits per heavy atom. The van der Waals surface area contributed by atoms with E-state index in [0.717, 1.165) is 0 Å². The van der Waals surface area contributed by atoms with E-state index in [4.69, 9.17) is 14.7 Å². The predicted molar refractivity (Wildman–Crippen MR) is 95.3 cm³/mol. The third-order valence-electron chi connectivity index (χ3n) is 3.51. The smallest absolute Gasteiger partial charge is 0.325 e. The molecule has 0 saturated heterocycles. The fraction of sp³-hybridized carbons (Fsp3) is 0.316. The molecule has 1 heterocycles. The van der Waals surface area contributed by atoms with Gasteiger partial charge < -0.3 is 14.4 Å². The van der Waals surface area contributed by atoms with Crippen LogP contribution in [0.2, 0.25) is 0 Å². The van der Waals surface area contributed by atoms with Gasteiger partial charge in [0, 0.05) is 12.4 Å². The summed E-state index contributed by atoms with van der Waals surface area (Å²) in [6, 6.07) is 10.2.